The second-order valence-corrected chi connectivity index (χ2v) is 3.09. The zero-order valence-corrected chi connectivity index (χ0v) is 5.84. The van der Waals surface area contributed by atoms with Gasteiger partial charge in [0, 0.05) is 13.1 Å². The van der Waals surface area contributed by atoms with Gasteiger partial charge in [-0.2, -0.15) is 0 Å². The molecule has 0 aromatic carbocycles. The fourth-order valence-corrected chi connectivity index (χ4v) is 1.49. The summed E-state index contributed by atoms with van der Waals surface area (Å²) >= 11 is 0. The Morgan fingerprint density at radius 2 is 1.78 bits per heavy atom. The van der Waals surface area contributed by atoms with Gasteiger partial charge in [0.25, 0.3) is 0 Å². The van der Waals surface area contributed by atoms with Crippen LogP contribution in [-0.2, 0) is 4.74 Å². The predicted octanol–water partition coefficient (Wildman–Crippen LogP) is 0.479. The minimum Gasteiger partial charge on any atom is -0.369 e. The van der Waals surface area contributed by atoms with Crippen LogP contribution in [0.1, 0.15) is 12.8 Å². The van der Waals surface area contributed by atoms with Crippen molar-refractivity contribution >= 4 is 0 Å². The number of hydrogen-bond acceptors (Lipinski definition) is 2. The minimum atomic E-state index is 0.634. The molecule has 2 heterocycles. The van der Waals surface area contributed by atoms with Gasteiger partial charge >= 0.3 is 0 Å². The van der Waals surface area contributed by atoms with Gasteiger partial charge in [0.2, 0.25) is 0 Å². The van der Waals surface area contributed by atoms with Gasteiger partial charge in [-0.25, -0.2) is 0 Å². The van der Waals surface area contributed by atoms with E-state index in [0.29, 0.717) is 12.2 Å². The maximum Gasteiger partial charge on any atom is 0.0854 e. The molecule has 9 heavy (non-hydrogen) atoms. The van der Waals surface area contributed by atoms with Crippen LogP contribution in [0, 0.1) is 0 Å². The third-order valence-corrected chi connectivity index (χ3v) is 2.28. The first kappa shape index (κ1) is 5.69. The van der Waals surface area contributed by atoms with Crippen molar-refractivity contribution in [2.75, 3.05) is 20.1 Å². The Balaban J connectivity index is 1.89. The SMILES string of the molecule is CN1CC[C@@H]2O[C@@H]2CC1. The third kappa shape index (κ3) is 1.10. The van der Waals surface area contributed by atoms with Gasteiger partial charge in [-0.3, -0.25) is 0 Å². The molecule has 0 aliphatic carbocycles. The molecule has 2 fully saturated rings. The van der Waals surface area contributed by atoms with E-state index >= 15 is 0 Å². The largest absolute Gasteiger partial charge is 0.369 e. The molecule has 0 N–H and O–H groups in total. The molecule has 2 heteroatoms. The first-order valence-electron chi connectivity index (χ1n) is 3.70. The number of ether oxygens (including phenoxy) is 1. The van der Waals surface area contributed by atoms with Crippen molar-refractivity contribution in [1.82, 2.24) is 4.90 Å². The molecule has 2 rings (SSSR count). The molecule has 2 saturated heterocycles. The molecule has 0 aromatic heterocycles. The van der Waals surface area contributed by atoms with Crippen LogP contribution in [0.2, 0.25) is 0 Å². The van der Waals surface area contributed by atoms with Crippen molar-refractivity contribution in [3.05, 3.63) is 0 Å². The van der Waals surface area contributed by atoms with Gasteiger partial charge in [0.05, 0.1) is 12.2 Å². The lowest BCUT2D eigenvalue weighted by molar-refractivity contribution is 0.264. The molecule has 0 amide bonds. The Morgan fingerprint density at radius 3 is 2.33 bits per heavy atom. The summed E-state index contributed by atoms with van der Waals surface area (Å²) in [5, 5.41) is 0. The van der Waals surface area contributed by atoms with E-state index in [2.05, 4.69) is 11.9 Å². The number of hydrogen-bond donors (Lipinski definition) is 0. The number of epoxide rings is 1. The van der Waals surface area contributed by atoms with Crippen LogP contribution < -0.4 is 0 Å². The molecule has 52 valence electrons. The summed E-state index contributed by atoms with van der Waals surface area (Å²) < 4.78 is 5.38. The molecule has 2 aliphatic rings. The van der Waals surface area contributed by atoms with E-state index in [1.807, 2.05) is 0 Å². The fraction of sp³-hybridized carbons (Fsp3) is 1.00. The highest BCUT2D eigenvalue weighted by Gasteiger charge is 2.39. The lowest BCUT2D eigenvalue weighted by Crippen LogP contribution is -2.20. The Kier molecular flexibility index (Phi) is 1.24. The molecule has 2 nitrogen and oxygen atoms in total. The second-order valence-electron chi connectivity index (χ2n) is 3.09. The van der Waals surface area contributed by atoms with Gasteiger partial charge in [-0.05, 0) is 19.9 Å². The average molecular weight is 127 g/mol. The van der Waals surface area contributed by atoms with Gasteiger partial charge in [-0.1, -0.05) is 0 Å². The summed E-state index contributed by atoms with van der Waals surface area (Å²) in [6, 6.07) is 0. The van der Waals surface area contributed by atoms with E-state index < -0.39 is 0 Å². The molecule has 2 aliphatic heterocycles. The Labute approximate surface area is 55.8 Å². The molecule has 2 atom stereocenters. The van der Waals surface area contributed by atoms with Crippen molar-refractivity contribution in [2.45, 2.75) is 25.0 Å². The van der Waals surface area contributed by atoms with Gasteiger partial charge in [0.1, 0.15) is 0 Å². The van der Waals surface area contributed by atoms with Crippen molar-refractivity contribution in [3.8, 4) is 0 Å². The standard InChI is InChI=1S/C7H13NO/c1-8-4-2-6-7(9-6)3-5-8/h6-7H,2-5H2,1H3/t6-,7+. The molecular formula is C7H13NO. The third-order valence-electron chi connectivity index (χ3n) is 2.28. The Bertz CT molecular complexity index is 99.5. The maximum absolute atomic E-state index is 5.38. The first-order valence-corrected chi connectivity index (χ1v) is 3.70. The zero-order valence-electron chi connectivity index (χ0n) is 5.84. The summed E-state index contributed by atoms with van der Waals surface area (Å²) in [7, 11) is 2.19. The highest BCUT2D eigenvalue weighted by Crippen LogP contribution is 2.30. The fourth-order valence-electron chi connectivity index (χ4n) is 1.49. The normalized spacial score (nSPS) is 43.7. The Hall–Kier alpha value is -0.0800. The summed E-state index contributed by atoms with van der Waals surface area (Å²) in [5.74, 6) is 0. The molecule has 0 saturated carbocycles. The van der Waals surface area contributed by atoms with Crippen LogP contribution in [0.15, 0.2) is 0 Å². The predicted molar refractivity (Wildman–Crippen MR) is 35.4 cm³/mol. The van der Waals surface area contributed by atoms with E-state index in [0.717, 1.165) is 0 Å². The summed E-state index contributed by atoms with van der Waals surface area (Å²) in [4.78, 5) is 2.38. The average Bonchev–Trinajstić information content (AvgIpc) is 2.54. The van der Waals surface area contributed by atoms with Crippen LogP contribution >= 0.6 is 0 Å². The van der Waals surface area contributed by atoms with Gasteiger partial charge < -0.3 is 9.64 Å². The molecular weight excluding hydrogens is 114 g/mol. The van der Waals surface area contributed by atoms with E-state index in [4.69, 9.17) is 4.74 Å². The molecule has 0 radical (unpaired) electrons. The quantitative estimate of drug-likeness (QED) is 0.440. The number of likely N-dealkylation sites (tertiary alicyclic amines) is 1. The molecule has 0 aromatic rings. The van der Waals surface area contributed by atoms with E-state index in [9.17, 15) is 0 Å². The van der Waals surface area contributed by atoms with E-state index in [1.54, 1.807) is 0 Å². The van der Waals surface area contributed by atoms with E-state index in [-0.39, 0.29) is 0 Å². The number of rotatable bonds is 0. The minimum absolute atomic E-state index is 0.634. The van der Waals surface area contributed by atoms with Crippen LogP contribution in [0.5, 0.6) is 0 Å². The molecule has 0 unspecified atom stereocenters. The summed E-state index contributed by atoms with van der Waals surface area (Å²) in [5.41, 5.74) is 0. The number of fused-ring (bicyclic) bond motifs is 1. The van der Waals surface area contributed by atoms with Gasteiger partial charge in [0.15, 0.2) is 0 Å². The second kappa shape index (κ2) is 1.96. The zero-order chi connectivity index (χ0) is 6.27. The van der Waals surface area contributed by atoms with Crippen molar-refractivity contribution in [1.29, 1.82) is 0 Å². The summed E-state index contributed by atoms with van der Waals surface area (Å²) in [6.07, 6.45) is 3.77. The van der Waals surface area contributed by atoms with Crippen molar-refractivity contribution in [2.24, 2.45) is 0 Å². The first-order chi connectivity index (χ1) is 4.36. The van der Waals surface area contributed by atoms with Gasteiger partial charge in [-0.15, -0.1) is 0 Å². The lowest BCUT2D eigenvalue weighted by Gasteiger charge is -2.12. The molecule has 0 spiro atoms. The number of nitrogens with zero attached hydrogens (tertiary/aromatic N) is 1. The molecule has 0 bridgehead atoms. The van der Waals surface area contributed by atoms with Crippen LogP contribution in [-0.4, -0.2) is 37.2 Å². The van der Waals surface area contributed by atoms with Crippen LogP contribution in [0.3, 0.4) is 0 Å². The van der Waals surface area contributed by atoms with Crippen LogP contribution in [0.25, 0.3) is 0 Å². The summed E-state index contributed by atoms with van der Waals surface area (Å²) in [6.45, 7) is 2.45. The van der Waals surface area contributed by atoms with E-state index in [1.165, 1.54) is 25.9 Å². The van der Waals surface area contributed by atoms with Crippen molar-refractivity contribution < 1.29 is 4.74 Å². The Morgan fingerprint density at radius 1 is 1.22 bits per heavy atom. The highest BCUT2D eigenvalue weighted by atomic mass is 16.6. The topological polar surface area (TPSA) is 15.8 Å². The van der Waals surface area contributed by atoms with Crippen molar-refractivity contribution in [3.63, 3.8) is 0 Å². The lowest BCUT2D eigenvalue weighted by atomic mass is 10.2. The smallest absolute Gasteiger partial charge is 0.0854 e. The monoisotopic (exact) mass is 127 g/mol. The highest BCUT2D eigenvalue weighted by molar-refractivity contribution is 4.88. The maximum atomic E-state index is 5.38. The van der Waals surface area contributed by atoms with Crippen LogP contribution in [0.4, 0.5) is 0 Å².